The summed E-state index contributed by atoms with van der Waals surface area (Å²) >= 11 is 3.63. The third-order valence-corrected chi connectivity index (χ3v) is 8.80. The van der Waals surface area contributed by atoms with Crippen molar-refractivity contribution in [2.75, 3.05) is 26.2 Å². The molecule has 3 aliphatic rings. The molecule has 1 aromatic heterocycles. The van der Waals surface area contributed by atoms with E-state index in [-0.39, 0.29) is 17.7 Å². The highest BCUT2D eigenvalue weighted by molar-refractivity contribution is 9.10. The molecule has 3 aromatic rings. The average Bonchev–Trinajstić information content (AvgIpc) is 3.12. The first-order chi connectivity index (χ1) is 17.4. The van der Waals surface area contributed by atoms with E-state index in [0.717, 1.165) is 57.7 Å². The zero-order valence-corrected chi connectivity index (χ0v) is 22.4. The van der Waals surface area contributed by atoms with Gasteiger partial charge in [-0.1, -0.05) is 47.5 Å². The number of fused-ring (bicyclic) bond motifs is 4. The highest BCUT2D eigenvalue weighted by Crippen LogP contribution is 2.51. The number of amides is 1. The fraction of sp³-hybridized carbons (Fsp3) is 0.414. The minimum atomic E-state index is -0.754. The van der Waals surface area contributed by atoms with Crippen LogP contribution < -0.4 is 0 Å². The van der Waals surface area contributed by atoms with E-state index in [9.17, 15) is 9.90 Å². The van der Waals surface area contributed by atoms with Gasteiger partial charge in [-0.2, -0.15) is 0 Å². The molecule has 2 fully saturated rings. The van der Waals surface area contributed by atoms with Crippen molar-refractivity contribution in [2.45, 2.75) is 50.6 Å². The zero-order chi connectivity index (χ0) is 25.0. The van der Waals surface area contributed by atoms with E-state index in [1.54, 1.807) is 12.1 Å². The van der Waals surface area contributed by atoms with Crippen LogP contribution in [0.15, 0.2) is 59.3 Å². The maximum absolute atomic E-state index is 14.1. The average molecular weight is 550 g/mol. The van der Waals surface area contributed by atoms with Crippen LogP contribution in [-0.2, 0) is 11.2 Å². The molecule has 0 aliphatic carbocycles. The summed E-state index contributed by atoms with van der Waals surface area (Å²) in [5.74, 6) is 1.08. The summed E-state index contributed by atoms with van der Waals surface area (Å²) in [5, 5.41) is 11.5. The summed E-state index contributed by atoms with van der Waals surface area (Å²) in [6, 6.07) is 13.4. The first-order valence-electron chi connectivity index (χ1n) is 13.0. The van der Waals surface area contributed by atoms with E-state index in [1.807, 2.05) is 23.1 Å². The van der Waals surface area contributed by atoms with Gasteiger partial charge in [0.2, 0.25) is 0 Å². The van der Waals surface area contributed by atoms with E-state index < -0.39 is 5.54 Å². The van der Waals surface area contributed by atoms with Gasteiger partial charge in [0.25, 0.3) is 5.91 Å². The van der Waals surface area contributed by atoms with Gasteiger partial charge in [-0.3, -0.25) is 9.69 Å². The van der Waals surface area contributed by atoms with Crippen LogP contribution in [0.4, 0.5) is 0 Å². The number of halogens is 1. The zero-order valence-electron chi connectivity index (χ0n) is 20.8. The van der Waals surface area contributed by atoms with E-state index in [4.69, 9.17) is 0 Å². The Bertz CT molecular complexity index is 1340. The molecular weight excluding hydrogens is 516 g/mol. The number of H-pyrrole nitrogens is 1. The van der Waals surface area contributed by atoms with E-state index in [0.29, 0.717) is 13.0 Å². The number of hydrogen-bond acceptors (Lipinski definition) is 4. The molecule has 3 aliphatic heterocycles. The number of carbonyl (C=O) groups is 1. The second-order valence-corrected chi connectivity index (χ2v) is 11.6. The summed E-state index contributed by atoms with van der Waals surface area (Å²) in [7, 11) is 0. The molecule has 0 radical (unpaired) electrons. The van der Waals surface area contributed by atoms with Crippen LogP contribution in [0.1, 0.15) is 55.5 Å². The topological polar surface area (TPSA) is 62.8 Å². The molecular formula is C29H33BrN4O2. The number of aromatic amines is 1. The quantitative estimate of drug-likeness (QED) is 0.449. The van der Waals surface area contributed by atoms with Crippen molar-refractivity contribution in [1.82, 2.24) is 19.7 Å². The Morgan fingerprint density at radius 1 is 1.11 bits per heavy atom. The van der Waals surface area contributed by atoms with Gasteiger partial charge >= 0.3 is 0 Å². The number of aromatic hydroxyl groups is 1. The SMILES string of the molecule is C=C1N(CCN2CCCCCC2)C(=O)[C@]2(C)Cc3c([nH]c4ccc(Br)cc34)[C@@H](c3cccc(O)c3)N12. The lowest BCUT2D eigenvalue weighted by Gasteiger charge is -2.44. The first kappa shape index (κ1) is 23.6. The van der Waals surface area contributed by atoms with Crippen LogP contribution in [0, 0.1) is 0 Å². The fourth-order valence-electron chi connectivity index (χ4n) is 6.50. The Balaban J connectivity index is 1.42. The Morgan fingerprint density at radius 3 is 2.64 bits per heavy atom. The second-order valence-electron chi connectivity index (χ2n) is 10.7. The predicted octanol–water partition coefficient (Wildman–Crippen LogP) is 5.53. The van der Waals surface area contributed by atoms with Gasteiger partial charge < -0.3 is 19.9 Å². The van der Waals surface area contributed by atoms with Crippen LogP contribution in [-0.4, -0.2) is 62.4 Å². The normalized spacial score (nSPS) is 24.8. The second kappa shape index (κ2) is 8.96. The van der Waals surface area contributed by atoms with Crippen LogP contribution in [0.25, 0.3) is 10.9 Å². The smallest absolute Gasteiger partial charge is 0.254 e. The van der Waals surface area contributed by atoms with Crippen molar-refractivity contribution >= 4 is 32.7 Å². The monoisotopic (exact) mass is 548 g/mol. The Kier molecular flexibility index (Phi) is 5.88. The summed E-state index contributed by atoms with van der Waals surface area (Å²) in [5.41, 5.74) is 3.46. The van der Waals surface area contributed by atoms with Crippen molar-refractivity contribution in [3.8, 4) is 5.75 Å². The number of hydrogen-bond donors (Lipinski definition) is 2. The molecule has 1 amide bonds. The van der Waals surface area contributed by atoms with Gasteiger partial charge in [0.1, 0.15) is 17.1 Å². The summed E-state index contributed by atoms with van der Waals surface area (Å²) in [4.78, 5) is 24.4. The number of phenols is 1. The number of nitrogens with one attached hydrogen (secondary N) is 1. The fourth-order valence-corrected chi connectivity index (χ4v) is 6.86. The molecule has 6 nitrogen and oxygen atoms in total. The number of carbonyl (C=O) groups excluding carboxylic acids is 1. The molecule has 2 atom stereocenters. The minimum absolute atomic E-state index is 0.113. The van der Waals surface area contributed by atoms with Crippen LogP contribution in [0.5, 0.6) is 5.75 Å². The van der Waals surface area contributed by atoms with Crippen LogP contribution in [0.3, 0.4) is 0 Å². The van der Waals surface area contributed by atoms with E-state index >= 15 is 0 Å². The molecule has 7 heteroatoms. The largest absolute Gasteiger partial charge is 0.508 e. The molecule has 0 spiro atoms. The minimum Gasteiger partial charge on any atom is -0.508 e. The molecule has 188 valence electrons. The number of benzene rings is 2. The van der Waals surface area contributed by atoms with E-state index in [1.165, 1.54) is 25.7 Å². The lowest BCUT2D eigenvalue weighted by Crippen LogP contribution is -2.52. The van der Waals surface area contributed by atoms with Crippen molar-refractivity contribution < 1.29 is 9.90 Å². The highest BCUT2D eigenvalue weighted by atomic mass is 79.9. The number of aromatic nitrogens is 1. The molecule has 2 N–H and O–H groups in total. The molecule has 36 heavy (non-hydrogen) atoms. The van der Waals surface area contributed by atoms with Gasteiger partial charge in [0.05, 0.1) is 6.04 Å². The van der Waals surface area contributed by atoms with Crippen LogP contribution >= 0.6 is 15.9 Å². The summed E-state index contributed by atoms with van der Waals surface area (Å²) in [6.45, 7) is 10.2. The summed E-state index contributed by atoms with van der Waals surface area (Å²) < 4.78 is 1.01. The third kappa shape index (κ3) is 3.75. The first-order valence-corrected chi connectivity index (χ1v) is 13.8. The molecule has 4 heterocycles. The molecule has 0 unspecified atom stereocenters. The Labute approximate surface area is 220 Å². The number of nitrogens with zero attached hydrogens (tertiary/aromatic N) is 3. The van der Waals surface area contributed by atoms with Gasteiger partial charge in [-0.15, -0.1) is 0 Å². The van der Waals surface area contributed by atoms with Gasteiger partial charge in [-0.25, -0.2) is 0 Å². The number of rotatable bonds is 4. The molecule has 2 aromatic carbocycles. The van der Waals surface area contributed by atoms with Gasteiger partial charge in [-0.05, 0) is 74.3 Å². The van der Waals surface area contributed by atoms with Gasteiger partial charge in [0.15, 0.2) is 0 Å². The van der Waals surface area contributed by atoms with Crippen molar-refractivity contribution in [3.63, 3.8) is 0 Å². The highest BCUT2D eigenvalue weighted by Gasteiger charge is 2.57. The Morgan fingerprint density at radius 2 is 1.89 bits per heavy atom. The lowest BCUT2D eigenvalue weighted by molar-refractivity contribution is -0.133. The van der Waals surface area contributed by atoms with Crippen molar-refractivity contribution in [1.29, 1.82) is 0 Å². The van der Waals surface area contributed by atoms with Crippen LogP contribution in [0.2, 0.25) is 0 Å². The van der Waals surface area contributed by atoms with Crippen molar-refractivity contribution in [3.05, 3.63) is 76.2 Å². The van der Waals surface area contributed by atoms with Crippen molar-refractivity contribution in [2.24, 2.45) is 0 Å². The number of likely N-dealkylation sites (tertiary alicyclic amines) is 1. The number of phenolic OH excluding ortho intramolecular Hbond substituents is 1. The Hall–Kier alpha value is -2.77. The van der Waals surface area contributed by atoms with Gasteiger partial charge in [0, 0.05) is 40.6 Å². The maximum Gasteiger partial charge on any atom is 0.254 e. The molecule has 2 saturated heterocycles. The molecule has 0 bridgehead atoms. The summed E-state index contributed by atoms with van der Waals surface area (Å²) in [6.07, 6.45) is 5.66. The predicted molar refractivity (Wildman–Crippen MR) is 146 cm³/mol. The molecule has 6 rings (SSSR count). The lowest BCUT2D eigenvalue weighted by atomic mass is 9.81. The molecule has 0 saturated carbocycles. The van der Waals surface area contributed by atoms with E-state index in [2.05, 4.69) is 56.3 Å². The standard InChI is InChI=1S/C29H33BrN4O2/c1-19-33(15-14-32-12-5-3-4-6-13-32)28(36)29(2)18-24-23-17-21(30)10-11-25(23)31-26(24)27(34(19)29)20-8-7-9-22(35)16-20/h7-11,16-17,27,31,35H,1,3-6,12-15,18H2,2H3/t27-,29+/m1/s1. The third-order valence-electron chi connectivity index (χ3n) is 8.31. The maximum atomic E-state index is 14.1.